The molecule has 0 radical (unpaired) electrons. The van der Waals surface area contributed by atoms with Crippen molar-refractivity contribution in [2.45, 2.75) is 24.0 Å². The molecule has 3 aromatic carbocycles. The lowest BCUT2D eigenvalue weighted by Crippen LogP contribution is -2.36. The zero-order valence-corrected chi connectivity index (χ0v) is 19.6. The number of sulfonamides is 1. The lowest BCUT2D eigenvalue weighted by atomic mass is 10.1. The van der Waals surface area contributed by atoms with Gasteiger partial charge in [0.05, 0.1) is 23.3 Å². The normalized spacial score (nSPS) is 11.7. The standard InChI is InChI=1S/C24H24F3N3O4S/c1-34-22-5-3-2-4-21(22)29-23(31)30(16-18-6-10-19(11-7-18)24(25,26)27)15-14-17-8-12-20(13-9-17)35(28,32)33/h2-13H,14-16H2,1H3,(H,29,31)(H2,28,32,33). The van der Waals surface area contributed by atoms with E-state index in [-0.39, 0.29) is 18.0 Å². The van der Waals surface area contributed by atoms with Crippen LogP contribution in [0.15, 0.2) is 77.7 Å². The quantitative estimate of drug-likeness (QED) is 0.464. The van der Waals surface area contributed by atoms with Crippen LogP contribution in [0.1, 0.15) is 16.7 Å². The summed E-state index contributed by atoms with van der Waals surface area (Å²) >= 11 is 0. The van der Waals surface area contributed by atoms with Gasteiger partial charge in [0.25, 0.3) is 0 Å². The lowest BCUT2D eigenvalue weighted by molar-refractivity contribution is -0.137. The molecule has 0 aromatic heterocycles. The highest BCUT2D eigenvalue weighted by Gasteiger charge is 2.30. The molecule has 0 fully saturated rings. The van der Waals surface area contributed by atoms with Gasteiger partial charge in [0.15, 0.2) is 0 Å². The second-order valence-electron chi connectivity index (χ2n) is 7.69. The molecule has 0 spiro atoms. The molecule has 0 atom stereocenters. The van der Waals surface area contributed by atoms with Crippen molar-refractivity contribution in [1.82, 2.24) is 4.90 Å². The number of primary sulfonamides is 1. The van der Waals surface area contributed by atoms with Crippen molar-refractivity contribution in [3.8, 4) is 5.75 Å². The third-order valence-electron chi connectivity index (χ3n) is 5.21. The first-order valence-corrected chi connectivity index (χ1v) is 12.0. The smallest absolute Gasteiger partial charge is 0.416 e. The first-order chi connectivity index (χ1) is 16.5. The zero-order valence-electron chi connectivity index (χ0n) is 18.7. The third kappa shape index (κ3) is 7.20. The van der Waals surface area contributed by atoms with E-state index in [1.807, 2.05) is 0 Å². The van der Waals surface area contributed by atoms with Crippen molar-refractivity contribution in [2.75, 3.05) is 19.0 Å². The Bertz CT molecular complexity index is 1260. The van der Waals surface area contributed by atoms with E-state index >= 15 is 0 Å². The van der Waals surface area contributed by atoms with Gasteiger partial charge in [-0.05, 0) is 53.9 Å². The van der Waals surface area contributed by atoms with E-state index in [1.54, 1.807) is 36.4 Å². The minimum Gasteiger partial charge on any atom is -0.495 e. The molecule has 3 N–H and O–H groups in total. The van der Waals surface area contributed by atoms with Crippen LogP contribution in [0.25, 0.3) is 0 Å². The number of nitrogens with two attached hydrogens (primary N) is 1. The van der Waals surface area contributed by atoms with Gasteiger partial charge in [0.1, 0.15) is 5.75 Å². The maximum atomic E-state index is 13.1. The van der Waals surface area contributed by atoms with E-state index in [0.717, 1.165) is 17.7 Å². The lowest BCUT2D eigenvalue weighted by Gasteiger charge is -2.24. The number of nitrogens with zero attached hydrogens (tertiary/aromatic N) is 1. The number of anilines is 1. The van der Waals surface area contributed by atoms with E-state index in [2.05, 4.69) is 5.32 Å². The number of benzene rings is 3. The molecule has 186 valence electrons. The predicted molar refractivity (Wildman–Crippen MR) is 125 cm³/mol. The topological polar surface area (TPSA) is 102 Å². The second kappa shape index (κ2) is 10.8. The van der Waals surface area contributed by atoms with Gasteiger partial charge in [-0.15, -0.1) is 0 Å². The zero-order chi connectivity index (χ0) is 25.6. The van der Waals surface area contributed by atoms with Crippen molar-refractivity contribution >= 4 is 21.7 Å². The Balaban J connectivity index is 1.79. The molecule has 0 aliphatic heterocycles. The summed E-state index contributed by atoms with van der Waals surface area (Å²) in [7, 11) is -2.36. The molecule has 0 bridgehead atoms. The molecule has 35 heavy (non-hydrogen) atoms. The van der Waals surface area contributed by atoms with Crippen LogP contribution < -0.4 is 15.2 Å². The van der Waals surface area contributed by atoms with Gasteiger partial charge in [-0.3, -0.25) is 0 Å². The average Bonchev–Trinajstić information content (AvgIpc) is 2.81. The maximum Gasteiger partial charge on any atom is 0.416 e. The summed E-state index contributed by atoms with van der Waals surface area (Å²) in [4.78, 5) is 14.5. The molecule has 3 aromatic rings. The second-order valence-corrected chi connectivity index (χ2v) is 9.25. The number of methoxy groups -OCH3 is 1. The van der Waals surface area contributed by atoms with Gasteiger partial charge >= 0.3 is 12.2 Å². The van der Waals surface area contributed by atoms with Crippen LogP contribution in [0, 0.1) is 0 Å². The Labute approximate surface area is 201 Å². The number of nitrogens with one attached hydrogen (secondary N) is 1. The summed E-state index contributed by atoms with van der Waals surface area (Å²) < 4.78 is 66.9. The van der Waals surface area contributed by atoms with E-state index < -0.39 is 27.8 Å². The number of halogens is 3. The fourth-order valence-corrected chi connectivity index (χ4v) is 3.84. The third-order valence-corrected chi connectivity index (χ3v) is 6.14. The molecule has 0 saturated heterocycles. The number of ether oxygens (including phenoxy) is 1. The number of urea groups is 1. The molecule has 0 heterocycles. The minimum absolute atomic E-state index is 0.0308. The molecule has 3 rings (SSSR count). The average molecular weight is 508 g/mol. The first-order valence-electron chi connectivity index (χ1n) is 10.4. The van der Waals surface area contributed by atoms with Crippen LogP contribution in [0.3, 0.4) is 0 Å². The van der Waals surface area contributed by atoms with Gasteiger partial charge in [0, 0.05) is 13.1 Å². The van der Waals surface area contributed by atoms with Crippen LogP contribution in [0.4, 0.5) is 23.7 Å². The Kier molecular flexibility index (Phi) is 8.03. The van der Waals surface area contributed by atoms with Crippen LogP contribution in [-0.4, -0.2) is 33.0 Å². The van der Waals surface area contributed by atoms with Gasteiger partial charge in [0.2, 0.25) is 10.0 Å². The molecule has 7 nitrogen and oxygen atoms in total. The number of alkyl halides is 3. The minimum atomic E-state index is -4.46. The monoisotopic (exact) mass is 507 g/mol. The Morgan fingerprint density at radius 3 is 2.14 bits per heavy atom. The number of hydrogen-bond acceptors (Lipinski definition) is 4. The SMILES string of the molecule is COc1ccccc1NC(=O)N(CCc1ccc(S(N)(=O)=O)cc1)Cc1ccc(C(F)(F)F)cc1. The summed E-state index contributed by atoms with van der Waals surface area (Å²) in [6.07, 6.45) is -4.09. The van der Waals surface area contributed by atoms with Crippen molar-refractivity contribution in [1.29, 1.82) is 0 Å². The maximum absolute atomic E-state index is 13.1. The predicted octanol–water partition coefficient (Wildman–Crippen LogP) is 4.64. The van der Waals surface area contributed by atoms with E-state index in [4.69, 9.17) is 9.88 Å². The van der Waals surface area contributed by atoms with Gasteiger partial charge < -0.3 is 15.0 Å². The molecular weight excluding hydrogens is 483 g/mol. The van der Waals surface area contributed by atoms with Crippen LogP contribution in [-0.2, 0) is 29.2 Å². The number of carbonyl (C=O) groups excluding carboxylic acids is 1. The molecule has 0 saturated carbocycles. The largest absolute Gasteiger partial charge is 0.495 e. The van der Waals surface area contributed by atoms with E-state index in [0.29, 0.717) is 23.4 Å². The number of amides is 2. The summed E-state index contributed by atoms with van der Waals surface area (Å²) in [6, 6.07) is 16.9. The van der Waals surface area contributed by atoms with Gasteiger partial charge in [-0.1, -0.05) is 36.4 Å². The highest BCUT2D eigenvalue weighted by atomic mass is 32.2. The Morgan fingerprint density at radius 2 is 1.57 bits per heavy atom. The van der Waals surface area contributed by atoms with Crippen LogP contribution >= 0.6 is 0 Å². The number of para-hydroxylation sites is 2. The van der Waals surface area contributed by atoms with Crippen molar-refractivity contribution in [3.63, 3.8) is 0 Å². The fourth-order valence-electron chi connectivity index (χ4n) is 3.32. The molecule has 0 aliphatic carbocycles. The van der Waals surface area contributed by atoms with Crippen LogP contribution in [0.2, 0.25) is 0 Å². The fraction of sp³-hybridized carbons (Fsp3) is 0.208. The highest BCUT2D eigenvalue weighted by Crippen LogP contribution is 2.29. The molecule has 2 amide bonds. The Morgan fingerprint density at radius 1 is 0.971 bits per heavy atom. The molecule has 0 aliphatic rings. The van der Waals surface area contributed by atoms with Gasteiger partial charge in [-0.2, -0.15) is 13.2 Å². The van der Waals surface area contributed by atoms with Crippen LogP contribution in [0.5, 0.6) is 5.75 Å². The summed E-state index contributed by atoms with van der Waals surface area (Å²) in [5.74, 6) is 0.453. The number of rotatable bonds is 8. The van der Waals surface area contributed by atoms with Crippen molar-refractivity contribution in [3.05, 3.63) is 89.5 Å². The van der Waals surface area contributed by atoms with Crippen molar-refractivity contribution < 1.29 is 31.1 Å². The first kappa shape index (κ1) is 26.0. The highest BCUT2D eigenvalue weighted by molar-refractivity contribution is 7.89. The van der Waals surface area contributed by atoms with E-state index in [1.165, 1.54) is 36.3 Å². The molecule has 0 unspecified atom stereocenters. The summed E-state index contributed by atoms with van der Waals surface area (Å²) in [5, 5.41) is 7.89. The number of hydrogen-bond donors (Lipinski definition) is 2. The summed E-state index contributed by atoms with van der Waals surface area (Å²) in [5.41, 5.74) is 0.925. The van der Waals surface area contributed by atoms with E-state index in [9.17, 15) is 26.4 Å². The van der Waals surface area contributed by atoms with Crippen molar-refractivity contribution in [2.24, 2.45) is 5.14 Å². The number of carbonyl (C=O) groups is 1. The molecular formula is C24H24F3N3O4S. The molecule has 11 heteroatoms. The summed E-state index contributed by atoms with van der Waals surface area (Å²) in [6.45, 7) is 0.255. The van der Waals surface area contributed by atoms with Gasteiger partial charge in [-0.25, -0.2) is 18.4 Å². The Hall–Kier alpha value is -3.57.